The van der Waals surface area contributed by atoms with Gasteiger partial charge in [0.05, 0.1) is 28.4 Å². The molecular formula is C27H20Cl2N2O4. The lowest BCUT2D eigenvalue weighted by Gasteiger charge is -2.11. The summed E-state index contributed by atoms with van der Waals surface area (Å²) in [6, 6.07) is 22.3. The zero-order valence-electron chi connectivity index (χ0n) is 18.6. The van der Waals surface area contributed by atoms with E-state index in [9.17, 15) is 9.59 Å². The number of rotatable bonds is 7. The predicted octanol–water partition coefficient (Wildman–Crippen LogP) is 6.53. The van der Waals surface area contributed by atoms with Gasteiger partial charge in [-0.25, -0.2) is 10.2 Å². The van der Waals surface area contributed by atoms with Crippen LogP contribution in [-0.2, 0) is 0 Å². The topological polar surface area (TPSA) is 77.0 Å². The number of hydrogen-bond donors (Lipinski definition) is 1. The number of fused-ring (bicyclic) bond motifs is 1. The summed E-state index contributed by atoms with van der Waals surface area (Å²) in [6.45, 7) is 2.42. The summed E-state index contributed by atoms with van der Waals surface area (Å²) in [5.74, 6) is -0.0266. The van der Waals surface area contributed by atoms with Crippen LogP contribution in [0.2, 0.25) is 10.0 Å². The van der Waals surface area contributed by atoms with Crippen molar-refractivity contribution in [2.75, 3.05) is 6.61 Å². The van der Waals surface area contributed by atoms with Crippen LogP contribution < -0.4 is 14.9 Å². The van der Waals surface area contributed by atoms with Crippen molar-refractivity contribution in [3.8, 4) is 11.5 Å². The van der Waals surface area contributed by atoms with E-state index in [-0.39, 0.29) is 5.02 Å². The van der Waals surface area contributed by atoms with E-state index >= 15 is 0 Å². The van der Waals surface area contributed by atoms with Crippen LogP contribution in [0, 0.1) is 0 Å². The average Bonchev–Trinajstić information content (AvgIpc) is 2.87. The number of carbonyl (C=O) groups is 2. The minimum atomic E-state index is -0.530. The van der Waals surface area contributed by atoms with E-state index in [4.69, 9.17) is 32.7 Å². The van der Waals surface area contributed by atoms with Crippen molar-refractivity contribution in [1.29, 1.82) is 0 Å². The first-order chi connectivity index (χ1) is 17.0. The van der Waals surface area contributed by atoms with Gasteiger partial charge < -0.3 is 9.47 Å². The molecular weight excluding hydrogens is 487 g/mol. The molecule has 0 saturated carbocycles. The van der Waals surface area contributed by atoms with Gasteiger partial charge in [-0.2, -0.15) is 5.10 Å². The van der Waals surface area contributed by atoms with E-state index in [1.807, 2.05) is 37.3 Å². The highest BCUT2D eigenvalue weighted by molar-refractivity contribution is 6.42. The second kappa shape index (κ2) is 11.0. The summed E-state index contributed by atoms with van der Waals surface area (Å²) < 4.78 is 11.1. The summed E-state index contributed by atoms with van der Waals surface area (Å²) in [7, 11) is 0. The van der Waals surface area contributed by atoms with Crippen LogP contribution >= 0.6 is 23.2 Å². The van der Waals surface area contributed by atoms with Gasteiger partial charge in [0.25, 0.3) is 5.91 Å². The van der Waals surface area contributed by atoms with Crippen molar-refractivity contribution in [2.45, 2.75) is 6.92 Å². The molecule has 6 nitrogen and oxygen atoms in total. The SMILES string of the molecule is CCOc1ccc(C(=O)Oc2ccc3ccccc3c2/C=N/NC(=O)c2ccc(Cl)c(Cl)c2)cc1. The Morgan fingerprint density at radius 2 is 1.66 bits per heavy atom. The fourth-order valence-corrected chi connectivity index (χ4v) is 3.67. The summed E-state index contributed by atoms with van der Waals surface area (Å²) >= 11 is 11.9. The van der Waals surface area contributed by atoms with Crippen LogP contribution in [0.15, 0.2) is 84.0 Å². The third kappa shape index (κ3) is 5.80. The molecule has 176 valence electrons. The standard InChI is InChI=1S/C27H20Cl2N2O4/c1-2-34-20-11-7-18(8-12-20)27(33)35-25-14-10-17-5-3-4-6-21(17)22(25)16-30-31-26(32)19-9-13-23(28)24(29)15-19/h3-16H,2H2,1H3,(H,31,32)/b30-16+. The molecule has 1 N–H and O–H groups in total. The molecule has 0 heterocycles. The number of halogens is 2. The maximum absolute atomic E-state index is 12.8. The molecule has 0 fully saturated rings. The Labute approximate surface area is 212 Å². The van der Waals surface area contributed by atoms with Crippen LogP contribution in [0.3, 0.4) is 0 Å². The van der Waals surface area contributed by atoms with Gasteiger partial charge in [-0.3, -0.25) is 4.79 Å². The molecule has 1 amide bonds. The minimum absolute atomic E-state index is 0.265. The van der Waals surface area contributed by atoms with Crippen molar-refractivity contribution >= 4 is 52.1 Å². The van der Waals surface area contributed by atoms with E-state index in [2.05, 4.69) is 10.5 Å². The predicted molar refractivity (Wildman–Crippen MR) is 138 cm³/mol. The van der Waals surface area contributed by atoms with Gasteiger partial charge in [0.2, 0.25) is 0 Å². The van der Waals surface area contributed by atoms with Gasteiger partial charge in [0.15, 0.2) is 0 Å². The first-order valence-electron chi connectivity index (χ1n) is 10.7. The average molecular weight is 507 g/mol. The highest BCUT2D eigenvalue weighted by Crippen LogP contribution is 2.28. The van der Waals surface area contributed by atoms with E-state index in [0.29, 0.717) is 39.8 Å². The molecule has 0 spiro atoms. The Balaban J connectivity index is 1.59. The zero-order valence-corrected chi connectivity index (χ0v) is 20.1. The van der Waals surface area contributed by atoms with Crippen molar-refractivity contribution in [3.05, 3.63) is 106 Å². The first kappa shape index (κ1) is 24.3. The smallest absolute Gasteiger partial charge is 0.343 e. The van der Waals surface area contributed by atoms with Crippen molar-refractivity contribution in [3.63, 3.8) is 0 Å². The van der Waals surface area contributed by atoms with Gasteiger partial charge in [0, 0.05) is 11.1 Å². The monoisotopic (exact) mass is 506 g/mol. The highest BCUT2D eigenvalue weighted by atomic mass is 35.5. The second-order valence-corrected chi connectivity index (χ2v) is 8.19. The van der Waals surface area contributed by atoms with Crippen molar-refractivity contribution in [1.82, 2.24) is 5.43 Å². The van der Waals surface area contributed by atoms with E-state index in [1.165, 1.54) is 18.3 Å². The molecule has 0 radical (unpaired) electrons. The van der Waals surface area contributed by atoms with Crippen LogP contribution in [0.25, 0.3) is 10.8 Å². The Bertz CT molecular complexity index is 1420. The lowest BCUT2D eigenvalue weighted by molar-refractivity contribution is 0.0734. The molecule has 4 aromatic rings. The summed E-state index contributed by atoms with van der Waals surface area (Å²) in [5, 5.41) is 6.42. The van der Waals surface area contributed by atoms with Crippen LogP contribution in [0.5, 0.6) is 11.5 Å². The molecule has 0 aliphatic carbocycles. The molecule has 35 heavy (non-hydrogen) atoms. The maximum atomic E-state index is 12.8. The molecule has 0 saturated heterocycles. The number of nitrogens with one attached hydrogen (secondary N) is 1. The molecule has 0 atom stereocenters. The van der Waals surface area contributed by atoms with Gasteiger partial charge in [0.1, 0.15) is 11.5 Å². The molecule has 0 aliphatic heterocycles. The lowest BCUT2D eigenvalue weighted by Crippen LogP contribution is -2.17. The number of benzene rings is 4. The molecule has 0 aliphatic rings. The van der Waals surface area contributed by atoms with Crippen LogP contribution in [0.1, 0.15) is 33.2 Å². The van der Waals surface area contributed by atoms with Gasteiger partial charge in [-0.15, -0.1) is 0 Å². The Morgan fingerprint density at radius 1 is 0.914 bits per heavy atom. The summed E-state index contributed by atoms with van der Waals surface area (Å²) in [6.07, 6.45) is 1.44. The van der Waals surface area contributed by atoms with E-state index in [1.54, 1.807) is 36.4 Å². The van der Waals surface area contributed by atoms with Gasteiger partial charge in [-0.05, 0) is 66.2 Å². The fourth-order valence-electron chi connectivity index (χ4n) is 3.37. The molecule has 4 rings (SSSR count). The number of nitrogens with zero attached hydrogens (tertiary/aromatic N) is 1. The molecule has 0 bridgehead atoms. The number of amides is 1. The minimum Gasteiger partial charge on any atom is -0.494 e. The number of ether oxygens (including phenoxy) is 2. The lowest BCUT2D eigenvalue weighted by atomic mass is 10.0. The first-order valence-corrected chi connectivity index (χ1v) is 11.5. The third-order valence-electron chi connectivity index (χ3n) is 5.08. The van der Waals surface area contributed by atoms with Crippen LogP contribution in [0.4, 0.5) is 0 Å². The number of hydrazone groups is 1. The van der Waals surface area contributed by atoms with E-state index in [0.717, 1.165) is 10.8 Å². The number of carbonyl (C=O) groups excluding carboxylic acids is 2. The van der Waals surface area contributed by atoms with Crippen molar-refractivity contribution in [2.24, 2.45) is 5.10 Å². The molecule has 8 heteroatoms. The normalized spacial score (nSPS) is 10.9. The second-order valence-electron chi connectivity index (χ2n) is 7.37. The molecule has 4 aromatic carbocycles. The van der Waals surface area contributed by atoms with Crippen molar-refractivity contribution < 1.29 is 19.1 Å². The van der Waals surface area contributed by atoms with E-state index < -0.39 is 11.9 Å². The van der Waals surface area contributed by atoms with Crippen LogP contribution in [-0.4, -0.2) is 24.7 Å². The zero-order chi connectivity index (χ0) is 24.8. The quantitative estimate of drug-likeness (QED) is 0.134. The third-order valence-corrected chi connectivity index (χ3v) is 5.81. The molecule has 0 aromatic heterocycles. The van der Waals surface area contributed by atoms with Gasteiger partial charge >= 0.3 is 5.97 Å². The Hall–Kier alpha value is -3.87. The van der Waals surface area contributed by atoms with Gasteiger partial charge in [-0.1, -0.05) is 53.5 Å². The number of hydrogen-bond acceptors (Lipinski definition) is 5. The molecule has 0 unspecified atom stereocenters. The Kier molecular flexibility index (Phi) is 7.65. The fraction of sp³-hybridized carbons (Fsp3) is 0.0741. The summed E-state index contributed by atoms with van der Waals surface area (Å²) in [4.78, 5) is 25.3. The highest BCUT2D eigenvalue weighted by Gasteiger charge is 2.14. The maximum Gasteiger partial charge on any atom is 0.343 e. The largest absolute Gasteiger partial charge is 0.494 e. The Morgan fingerprint density at radius 3 is 2.40 bits per heavy atom. The summed E-state index contributed by atoms with van der Waals surface area (Å²) in [5.41, 5.74) is 3.68. The number of esters is 1.